The quantitative estimate of drug-likeness (QED) is 0.791. The maximum atomic E-state index is 4.34. The Kier molecular flexibility index (Phi) is 4.86. The zero-order valence-corrected chi connectivity index (χ0v) is 12.2. The van der Waals surface area contributed by atoms with Gasteiger partial charge in [-0.3, -0.25) is 0 Å². The van der Waals surface area contributed by atoms with Crippen molar-refractivity contribution in [3.63, 3.8) is 0 Å². The molecule has 0 saturated carbocycles. The van der Waals surface area contributed by atoms with Crippen LogP contribution in [0.2, 0.25) is 0 Å². The van der Waals surface area contributed by atoms with Crippen LogP contribution in [0.15, 0.2) is 12.7 Å². The molecular weight excluding hydrogens is 254 g/mol. The first kappa shape index (κ1) is 14.2. The first-order valence-corrected chi connectivity index (χ1v) is 6.84. The van der Waals surface area contributed by atoms with E-state index in [-0.39, 0.29) is 0 Å². The summed E-state index contributed by atoms with van der Waals surface area (Å²) in [6, 6.07) is 0. The molecule has 2 N–H and O–H groups in total. The Morgan fingerprint density at radius 2 is 2.00 bits per heavy atom. The molecule has 0 spiro atoms. The largest absolute Gasteiger partial charge is 0.373 e. The molecule has 7 heteroatoms. The third-order valence-electron chi connectivity index (χ3n) is 3.13. The normalized spacial score (nSPS) is 10.6. The first-order chi connectivity index (χ1) is 9.76. The molecule has 2 rings (SSSR count). The molecule has 0 aromatic carbocycles. The highest BCUT2D eigenvalue weighted by Crippen LogP contribution is 2.21. The van der Waals surface area contributed by atoms with E-state index in [4.69, 9.17) is 0 Å². The topological polar surface area (TPSA) is 80.6 Å². The Bertz CT molecular complexity index is 549. The van der Waals surface area contributed by atoms with E-state index in [1.807, 2.05) is 18.7 Å². The Morgan fingerprint density at radius 1 is 1.20 bits per heavy atom. The molecule has 0 radical (unpaired) electrons. The fourth-order valence-electron chi connectivity index (χ4n) is 2.09. The van der Waals surface area contributed by atoms with Gasteiger partial charge in [-0.05, 0) is 6.42 Å². The van der Waals surface area contributed by atoms with Crippen molar-refractivity contribution in [3.8, 4) is 0 Å². The van der Waals surface area contributed by atoms with E-state index in [9.17, 15) is 0 Å². The highest BCUT2D eigenvalue weighted by Gasteiger charge is 2.09. The van der Waals surface area contributed by atoms with Gasteiger partial charge in [-0.2, -0.15) is 0 Å². The number of aromatic nitrogens is 5. The van der Waals surface area contributed by atoms with Gasteiger partial charge in [-0.1, -0.05) is 13.3 Å². The van der Waals surface area contributed by atoms with Gasteiger partial charge in [0.05, 0.1) is 0 Å². The number of hydrogen-bond acceptors (Lipinski definition) is 6. The van der Waals surface area contributed by atoms with Gasteiger partial charge < -0.3 is 15.2 Å². The predicted octanol–water partition coefficient (Wildman–Crippen LogP) is 1.25. The fraction of sp³-hybridized carbons (Fsp3) is 0.538. The second-order valence-corrected chi connectivity index (χ2v) is 4.58. The molecule has 0 fully saturated rings. The zero-order valence-electron chi connectivity index (χ0n) is 12.2. The van der Waals surface area contributed by atoms with Crippen LogP contribution < -0.4 is 10.6 Å². The van der Waals surface area contributed by atoms with Gasteiger partial charge in [0, 0.05) is 32.6 Å². The number of hydrogen-bond donors (Lipinski definition) is 2. The number of rotatable bonds is 7. The van der Waals surface area contributed by atoms with Crippen LogP contribution in [-0.2, 0) is 19.9 Å². The minimum atomic E-state index is 0.767. The van der Waals surface area contributed by atoms with Gasteiger partial charge in [-0.25, -0.2) is 9.97 Å². The summed E-state index contributed by atoms with van der Waals surface area (Å²) >= 11 is 0. The SMILES string of the molecule is CCCc1c(NC)ncnc1NCCc1nncn1C. The number of nitrogens with one attached hydrogen (secondary N) is 2. The van der Waals surface area contributed by atoms with Gasteiger partial charge in [0.15, 0.2) is 0 Å². The van der Waals surface area contributed by atoms with E-state index in [0.717, 1.165) is 48.8 Å². The molecule has 0 bridgehead atoms. The second kappa shape index (κ2) is 6.83. The lowest BCUT2D eigenvalue weighted by atomic mass is 10.1. The van der Waals surface area contributed by atoms with Gasteiger partial charge in [0.25, 0.3) is 0 Å². The van der Waals surface area contributed by atoms with Gasteiger partial charge >= 0.3 is 0 Å². The van der Waals surface area contributed by atoms with Gasteiger partial charge in [-0.15, -0.1) is 10.2 Å². The molecule has 108 valence electrons. The fourth-order valence-corrected chi connectivity index (χ4v) is 2.09. The molecule has 0 unspecified atom stereocenters. The van der Waals surface area contributed by atoms with E-state index >= 15 is 0 Å². The van der Waals surface area contributed by atoms with Crippen LogP contribution >= 0.6 is 0 Å². The number of anilines is 2. The summed E-state index contributed by atoms with van der Waals surface area (Å²) in [6.45, 7) is 2.92. The highest BCUT2D eigenvalue weighted by atomic mass is 15.2. The molecule has 0 atom stereocenters. The van der Waals surface area contributed by atoms with Crippen LogP contribution in [0.1, 0.15) is 24.7 Å². The van der Waals surface area contributed by atoms with Crippen molar-refractivity contribution in [2.45, 2.75) is 26.2 Å². The molecule has 20 heavy (non-hydrogen) atoms. The third kappa shape index (κ3) is 3.23. The second-order valence-electron chi connectivity index (χ2n) is 4.58. The molecule has 0 aliphatic heterocycles. The van der Waals surface area contributed by atoms with Crippen LogP contribution in [0, 0.1) is 0 Å². The molecule has 2 aromatic heterocycles. The lowest BCUT2D eigenvalue weighted by molar-refractivity contribution is 0.785. The van der Waals surface area contributed by atoms with Crippen LogP contribution in [0.5, 0.6) is 0 Å². The van der Waals surface area contributed by atoms with Gasteiger partial charge in [0.2, 0.25) is 0 Å². The molecule has 7 nitrogen and oxygen atoms in total. The summed E-state index contributed by atoms with van der Waals surface area (Å²) in [5.41, 5.74) is 1.13. The molecule has 2 heterocycles. The number of aryl methyl sites for hydroxylation is 1. The number of nitrogens with zero attached hydrogens (tertiary/aromatic N) is 5. The maximum Gasteiger partial charge on any atom is 0.134 e. The Morgan fingerprint density at radius 3 is 2.65 bits per heavy atom. The third-order valence-corrected chi connectivity index (χ3v) is 3.13. The molecule has 0 amide bonds. The monoisotopic (exact) mass is 275 g/mol. The van der Waals surface area contributed by atoms with Crippen molar-refractivity contribution in [2.75, 3.05) is 24.2 Å². The van der Waals surface area contributed by atoms with E-state index in [1.165, 1.54) is 0 Å². The predicted molar refractivity (Wildman–Crippen MR) is 78.8 cm³/mol. The van der Waals surface area contributed by atoms with Crippen molar-refractivity contribution in [2.24, 2.45) is 7.05 Å². The average molecular weight is 275 g/mol. The van der Waals surface area contributed by atoms with Crippen molar-refractivity contribution >= 4 is 11.6 Å². The first-order valence-electron chi connectivity index (χ1n) is 6.84. The molecule has 0 saturated heterocycles. The lowest BCUT2D eigenvalue weighted by Crippen LogP contribution is -2.12. The standard InChI is InChI=1S/C13H21N7/c1-4-5-10-12(14-2)16-8-17-13(10)15-7-6-11-19-18-9-20(11)3/h8-9H,4-7H2,1-3H3,(H2,14,15,16,17). The smallest absolute Gasteiger partial charge is 0.134 e. The molecular formula is C13H21N7. The minimum Gasteiger partial charge on any atom is -0.373 e. The van der Waals surface area contributed by atoms with E-state index in [0.29, 0.717) is 0 Å². The summed E-state index contributed by atoms with van der Waals surface area (Å²) in [4.78, 5) is 8.60. The van der Waals surface area contributed by atoms with Crippen LogP contribution in [0.3, 0.4) is 0 Å². The van der Waals surface area contributed by atoms with Crippen molar-refractivity contribution in [1.29, 1.82) is 0 Å². The van der Waals surface area contributed by atoms with Crippen molar-refractivity contribution in [3.05, 3.63) is 24.0 Å². The van der Waals surface area contributed by atoms with E-state index in [1.54, 1.807) is 12.7 Å². The van der Waals surface area contributed by atoms with Crippen LogP contribution in [-0.4, -0.2) is 38.3 Å². The summed E-state index contributed by atoms with van der Waals surface area (Å²) in [5.74, 6) is 2.74. The lowest BCUT2D eigenvalue weighted by Gasteiger charge is -2.13. The molecule has 0 aliphatic carbocycles. The Hall–Kier alpha value is -2.18. The van der Waals surface area contributed by atoms with Crippen LogP contribution in [0.25, 0.3) is 0 Å². The minimum absolute atomic E-state index is 0.767. The van der Waals surface area contributed by atoms with E-state index < -0.39 is 0 Å². The Labute approximate surface area is 118 Å². The van der Waals surface area contributed by atoms with Crippen LogP contribution in [0.4, 0.5) is 11.6 Å². The van der Waals surface area contributed by atoms with Crippen molar-refractivity contribution < 1.29 is 0 Å². The summed E-state index contributed by atoms with van der Waals surface area (Å²) in [7, 11) is 3.83. The van der Waals surface area contributed by atoms with Crippen molar-refractivity contribution in [1.82, 2.24) is 24.7 Å². The maximum absolute atomic E-state index is 4.34. The molecule has 0 aliphatic rings. The zero-order chi connectivity index (χ0) is 14.4. The summed E-state index contributed by atoms with van der Waals surface area (Å²) in [5, 5.41) is 14.4. The average Bonchev–Trinajstić information content (AvgIpc) is 2.86. The van der Waals surface area contributed by atoms with Gasteiger partial charge in [0.1, 0.15) is 30.1 Å². The molecule has 2 aromatic rings. The van der Waals surface area contributed by atoms with E-state index in [2.05, 4.69) is 37.7 Å². The highest BCUT2D eigenvalue weighted by molar-refractivity contribution is 5.57. The summed E-state index contributed by atoms with van der Waals surface area (Å²) in [6.07, 6.45) is 6.10. The Balaban J connectivity index is 2.03. The summed E-state index contributed by atoms with van der Waals surface area (Å²) < 4.78 is 1.92.